The Morgan fingerprint density at radius 2 is 0.967 bits per heavy atom. The summed E-state index contributed by atoms with van der Waals surface area (Å²) >= 11 is 0. The van der Waals surface area contributed by atoms with Crippen molar-refractivity contribution in [3.05, 3.63) is 63.2 Å². The van der Waals surface area contributed by atoms with Gasteiger partial charge in [-0.3, -0.25) is 0 Å². The molecule has 1 aliphatic rings. The monoisotopic (exact) mass is 414 g/mol. The maximum Gasteiger partial charge on any atom is 0.417 e. The van der Waals surface area contributed by atoms with Crippen LogP contribution in [0.15, 0.2) is 29.8 Å². The van der Waals surface area contributed by atoms with Crippen molar-refractivity contribution in [3.63, 3.8) is 0 Å². The van der Waals surface area contributed by atoms with Gasteiger partial charge in [-0.1, -0.05) is 0 Å². The quantitative estimate of drug-likeness (QED) is 0.369. The number of nitriles is 4. The Kier molecular flexibility index (Phi) is 4.54. The second kappa shape index (κ2) is 6.65. The number of fused-ring (bicyclic) bond motifs is 3. The molecule has 0 fully saturated rings. The summed E-state index contributed by atoms with van der Waals surface area (Å²) < 4.78 is 80.2. The highest BCUT2D eigenvalue weighted by Crippen LogP contribution is 2.50. The first-order valence-corrected chi connectivity index (χ1v) is 7.84. The third kappa shape index (κ3) is 3.02. The average molecular weight is 414 g/mol. The molecule has 0 N–H and O–H groups in total. The van der Waals surface area contributed by atoms with Crippen LogP contribution in [0.4, 0.5) is 26.3 Å². The van der Waals surface area contributed by atoms with Gasteiger partial charge in [0.05, 0.1) is 34.4 Å². The van der Waals surface area contributed by atoms with Crippen molar-refractivity contribution in [1.29, 1.82) is 21.0 Å². The van der Waals surface area contributed by atoms with Crippen LogP contribution >= 0.6 is 0 Å². The molecule has 2 aromatic rings. The minimum Gasteiger partial charge on any atom is -0.192 e. The van der Waals surface area contributed by atoms with E-state index in [9.17, 15) is 36.9 Å². The van der Waals surface area contributed by atoms with E-state index in [2.05, 4.69) is 0 Å². The van der Waals surface area contributed by atoms with Crippen molar-refractivity contribution in [2.75, 3.05) is 0 Å². The minimum absolute atomic E-state index is 0.170. The lowest BCUT2D eigenvalue weighted by Crippen LogP contribution is -2.09. The normalized spacial score (nSPS) is 12.1. The maximum absolute atomic E-state index is 13.4. The van der Waals surface area contributed by atoms with Crippen LogP contribution in [0.1, 0.15) is 33.4 Å². The highest BCUT2D eigenvalue weighted by molar-refractivity contribution is 6.05. The predicted octanol–water partition coefficient (Wildman–Crippen LogP) is 5.30. The summed E-state index contributed by atoms with van der Waals surface area (Å²) in [4.78, 5) is 0. The topological polar surface area (TPSA) is 95.2 Å². The first kappa shape index (κ1) is 20.5. The van der Waals surface area contributed by atoms with E-state index < -0.39 is 40.2 Å². The van der Waals surface area contributed by atoms with Gasteiger partial charge in [0.15, 0.2) is 0 Å². The summed E-state index contributed by atoms with van der Waals surface area (Å²) in [6, 6.07) is 8.42. The van der Waals surface area contributed by atoms with Gasteiger partial charge in [-0.25, -0.2) is 0 Å². The Hall–Kier alpha value is -4.28. The fourth-order valence-electron chi connectivity index (χ4n) is 3.26. The van der Waals surface area contributed by atoms with Crippen molar-refractivity contribution < 1.29 is 26.3 Å². The molecule has 0 heterocycles. The second-order valence-electron chi connectivity index (χ2n) is 6.08. The number of hydrogen-bond donors (Lipinski definition) is 0. The number of halogens is 6. The Labute approximate surface area is 164 Å². The third-order valence-corrected chi connectivity index (χ3v) is 4.47. The predicted molar refractivity (Wildman–Crippen MR) is 88.6 cm³/mol. The fraction of sp³-hybridized carbons (Fsp3) is 0.100. The van der Waals surface area contributed by atoms with E-state index in [1.165, 1.54) is 12.1 Å². The minimum atomic E-state index is -4.97. The fourth-order valence-corrected chi connectivity index (χ4v) is 3.26. The average Bonchev–Trinajstić information content (AvgIpc) is 2.98. The molecule has 4 nitrogen and oxygen atoms in total. The van der Waals surface area contributed by atoms with Gasteiger partial charge in [0.25, 0.3) is 0 Å². The van der Waals surface area contributed by atoms with Gasteiger partial charge >= 0.3 is 12.4 Å². The lowest BCUT2D eigenvalue weighted by molar-refractivity contribution is -0.138. The number of benzene rings is 2. The highest BCUT2D eigenvalue weighted by atomic mass is 19.4. The summed E-state index contributed by atoms with van der Waals surface area (Å²) in [5, 5.41) is 36.7. The Balaban J connectivity index is 2.55. The van der Waals surface area contributed by atoms with Gasteiger partial charge in [0.2, 0.25) is 0 Å². The third-order valence-electron chi connectivity index (χ3n) is 4.47. The molecule has 0 saturated heterocycles. The molecule has 0 unspecified atom stereocenters. The van der Waals surface area contributed by atoms with Gasteiger partial charge < -0.3 is 0 Å². The molecule has 146 valence electrons. The van der Waals surface area contributed by atoms with E-state index >= 15 is 0 Å². The molecule has 30 heavy (non-hydrogen) atoms. The van der Waals surface area contributed by atoms with Crippen LogP contribution in [0.2, 0.25) is 0 Å². The molecule has 0 radical (unpaired) electrons. The van der Waals surface area contributed by atoms with Gasteiger partial charge in [-0.2, -0.15) is 47.4 Å². The number of nitrogens with zero attached hydrogens (tertiary/aromatic N) is 4. The zero-order chi connectivity index (χ0) is 22.4. The van der Waals surface area contributed by atoms with Crippen LogP contribution < -0.4 is 0 Å². The lowest BCUT2D eigenvalue weighted by atomic mass is 9.95. The van der Waals surface area contributed by atoms with Crippen LogP contribution in [0.25, 0.3) is 16.7 Å². The van der Waals surface area contributed by atoms with Crippen LogP contribution in [0.5, 0.6) is 0 Å². The molecule has 0 saturated carbocycles. The van der Waals surface area contributed by atoms with Gasteiger partial charge in [-0.05, 0) is 46.5 Å². The SMILES string of the molecule is N#CC(C#N)=C1c2cc(C#N)c(C(F)(F)F)cc2-c2cc(C(F)(F)F)c(C#N)cc21. The second-order valence-corrected chi connectivity index (χ2v) is 6.08. The van der Waals surface area contributed by atoms with Crippen LogP contribution in [0.3, 0.4) is 0 Å². The summed E-state index contributed by atoms with van der Waals surface area (Å²) in [5.74, 6) is 0. The number of hydrogen-bond acceptors (Lipinski definition) is 4. The Morgan fingerprint density at radius 3 is 1.23 bits per heavy atom. The standard InChI is InChI=1S/C20H4F6N4/c21-19(22,23)16-3-12-13-4-17(20(24,25)26)10(6-28)2-15(13)18(11(7-29)8-30)14(12)1-9(16)5-27/h1-4H. The number of rotatable bonds is 0. The van der Waals surface area contributed by atoms with Crippen LogP contribution in [-0.4, -0.2) is 0 Å². The molecule has 0 spiro atoms. The van der Waals surface area contributed by atoms with E-state index in [1.807, 2.05) is 0 Å². The largest absolute Gasteiger partial charge is 0.417 e. The van der Waals surface area contributed by atoms with E-state index in [-0.39, 0.29) is 27.8 Å². The maximum atomic E-state index is 13.4. The van der Waals surface area contributed by atoms with E-state index in [0.717, 1.165) is 12.1 Å². The lowest BCUT2D eigenvalue weighted by Gasteiger charge is -2.13. The van der Waals surface area contributed by atoms with Crippen molar-refractivity contribution in [2.24, 2.45) is 0 Å². The molecule has 0 atom stereocenters. The molecule has 0 aromatic heterocycles. The summed E-state index contributed by atoms with van der Waals surface area (Å²) in [5.41, 5.74) is -6.20. The van der Waals surface area contributed by atoms with Crippen molar-refractivity contribution in [3.8, 4) is 35.4 Å². The number of alkyl halides is 6. The molecule has 0 bridgehead atoms. The molecule has 3 rings (SSSR count). The molecular weight excluding hydrogens is 410 g/mol. The van der Waals surface area contributed by atoms with Crippen molar-refractivity contribution in [1.82, 2.24) is 0 Å². The molecule has 0 amide bonds. The summed E-state index contributed by atoms with van der Waals surface area (Å²) in [6.45, 7) is 0. The van der Waals surface area contributed by atoms with E-state index in [1.54, 1.807) is 12.1 Å². The first-order chi connectivity index (χ1) is 14.0. The number of allylic oxidation sites excluding steroid dienone is 1. The van der Waals surface area contributed by atoms with Gasteiger partial charge in [0.1, 0.15) is 17.7 Å². The summed E-state index contributed by atoms with van der Waals surface area (Å²) in [6.07, 6.45) is -9.95. The zero-order valence-electron chi connectivity index (χ0n) is 14.4. The Morgan fingerprint density at radius 1 is 0.600 bits per heavy atom. The van der Waals surface area contributed by atoms with Crippen molar-refractivity contribution in [2.45, 2.75) is 12.4 Å². The van der Waals surface area contributed by atoms with Gasteiger partial charge in [0, 0.05) is 5.57 Å². The van der Waals surface area contributed by atoms with Crippen molar-refractivity contribution >= 4 is 5.57 Å². The molecule has 10 heteroatoms. The zero-order valence-corrected chi connectivity index (χ0v) is 14.4. The summed E-state index contributed by atoms with van der Waals surface area (Å²) in [7, 11) is 0. The first-order valence-electron chi connectivity index (χ1n) is 7.84. The Bertz CT molecular complexity index is 1200. The molecule has 0 aliphatic heterocycles. The molecule has 2 aromatic carbocycles. The van der Waals surface area contributed by atoms with Crippen LogP contribution in [0, 0.1) is 45.3 Å². The van der Waals surface area contributed by atoms with Crippen LogP contribution in [-0.2, 0) is 12.4 Å². The van der Waals surface area contributed by atoms with Gasteiger partial charge in [-0.15, -0.1) is 0 Å². The molecule has 1 aliphatic carbocycles. The highest BCUT2D eigenvalue weighted by Gasteiger charge is 2.40. The molecular formula is C20H4F6N4. The van der Waals surface area contributed by atoms with E-state index in [0.29, 0.717) is 12.1 Å². The van der Waals surface area contributed by atoms with E-state index in [4.69, 9.17) is 10.5 Å². The smallest absolute Gasteiger partial charge is 0.192 e.